The van der Waals surface area contributed by atoms with Gasteiger partial charge in [0.1, 0.15) is 6.10 Å². The molecule has 0 fully saturated rings. The number of rotatable bonds is 2. The summed E-state index contributed by atoms with van der Waals surface area (Å²) in [7, 11) is 0. The summed E-state index contributed by atoms with van der Waals surface area (Å²) in [4.78, 5) is 0. The molecule has 0 bridgehead atoms. The second-order valence-corrected chi connectivity index (χ2v) is 3.14. The second kappa shape index (κ2) is 3.90. The Morgan fingerprint density at radius 2 is 2.17 bits per heavy atom. The highest BCUT2D eigenvalue weighted by atomic mass is 35.5. The number of halogens is 1. The molecule has 0 aliphatic rings. The largest absolute Gasteiger partial charge is 0.393 e. The molecule has 1 atom stereocenters. The summed E-state index contributed by atoms with van der Waals surface area (Å²) in [6.07, 6.45) is -0.803. The molecule has 12 heavy (non-hydrogen) atoms. The van der Waals surface area contributed by atoms with Gasteiger partial charge in [-0.25, -0.2) is 0 Å². The van der Waals surface area contributed by atoms with Crippen LogP contribution in [0, 0.1) is 6.92 Å². The van der Waals surface area contributed by atoms with E-state index in [4.69, 9.17) is 16.7 Å². The van der Waals surface area contributed by atoms with Crippen LogP contribution < -0.4 is 0 Å². The van der Waals surface area contributed by atoms with E-state index < -0.39 is 6.10 Å². The molecule has 1 aromatic carbocycles. The molecule has 1 unspecified atom stereocenters. The van der Waals surface area contributed by atoms with Crippen LogP contribution in [0.2, 0.25) is 5.02 Å². The molecule has 2 nitrogen and oxygen atoms in total. The fourth-order valence-electron chi connectivity index (χ4n) is 1.11. The predicted octanol–water partition coefficient (Wildman–Crippen LogP) is 1.67. The lowest BCUT2D eigenvalue weighted by Crippen LogP contribution is -2.04. The van der Waals surface area contributed by atoms with Gasteiger partial charge in [0.05, 0.1) is 6.61 Å². The molecule has 0 spiro atoms. The Morgan fingerprint density at radius 1 is 1.50 bits per heavy atom. The molecule has 0 saturated heterocycles. The summed E-state index contributed by atoms with van der Waals surface area (Å²) in [6, 6.07) is 5.18. The maximum absolute atomic E-state index is 9.31. The predicted molar refractivity (Wildman–Crippen MR) is 48.2 cm³/mol. The van der Waals surface area contributed by atoms with Crippen LogP contribution in [0.5, 0.6) is 0 Å². The van der Waals surface area contributed by atoms with Gasteiger partial charge in [-0.2, -0.15) is 0 Å². The zero-order chi connectivity index (χ0) is 9.14. The maximum Gasteiger partial charge on any atom is 0.102 e. The van der Waals surface area contributed by atoms with Gasteiger partial charge < -0.3 is 10.2 Å². The highest BCUT2D eigenvalue weighted by Crippen LogP contribution is 2.20. The number of aliphatic hydroxyl groups is 2. The van der Waals surface area contributed by atoms with Crippen molar-refractivity contribution in [1.82, 2.24) is 0 Å². The minimum absolute atomic E-state index is 0.261. The molecule has 0 aliphatic heterocycles. The van der Waals surface area contributed by atoms with Crippen molar-refractivity contribution >= 4 is 11.6 Å². The summed E-state index contributed by atoms with van der Waals surface area (Å²) in [6.45, 7) is 1.59. The topological polar surface area (TPSA) is 40.5 Å². The van der Waals surface area contributed by atoms with Crippen molar-refractivity contribution < 1.29 is 10.2 Å². The van der Waals surface area contributed by atoms with Crippen molar-refractivity contribution in [3.63, 3.8) is 0 Å². The first kappa shape index (κ1) is 9.52. The van der Waals surface area contributed by atoms with Gasteiger partial charge in [-0.15, -0.1) is 0 Å². The zero-order valence-corrected chi connectivity index (χ0v) is 7.54. The lowest BCUT2D eigenvalue weighted by Gasteiger charge is -2.10. The van der Waals surface area contributed by atoms with Gasteiger partial charge >= 0.3 is 0 Å². The lowest BCUT2D eigenvalue weighted by molar-refractivity contribution is 0.0951. The van der Waals surface area contributed by atoms with Crippen LogP contribution in [-0.4, -0.2) is 16.8 Å². The van der Waals surface area contributed by atoms with Crippen LogP contribution in [0.1, 0.15) is 17.2 Å². The molecule has 1 aromatic rings. The third-order valence-electron chi connectivity index (χ3n) is 1.76. The van der Waals surface area contributed by atoms with E-state index in [0.717, 1.165) is 11.1 Å². The number of aryl methyl sites for hydroxylation is 1. The summed E-state index contributed by atoms with van der Waals surface area (Å²) in [5, 5.41) is 18.6. The Labute approximate surface area is 76.4 Å². The van der Waals surface area contributed by atoms with Gasteiger partial charge in [-0.05, 0) is 30.2 Å². The van der Waals surface area contributed by atoms with E-state index in [0.29, 0.717) is 5.02 Å². The number of hydrogen-bond donors (Lipinski definition) is 2. The van der Waals surface area contributed by atoms with E-state index in [1.54, 1.807) is 18.2 Å². The number of hydrogen-bond acceptors (Lipinski definition) is 2. The third kappa shape index (κ3) is 1.97. The van der Waals surface area contributed by atoms with E-state index >= 15 is 0 Å². The summed E-state index contributed by atoms with van der Waals surface area (Å²) >= 11 is 5.72. The summed E-state index contributed by atoms with van der Waals surface area (Å²) in [5.74, 6) is 0. The lowest BCUT2D eigenvalue weighted by atomic mass is 10.0. The van der Waals surface area contributed by atoms with E-state index in [-0.39, 0.29) is 6.61 Å². The first-order valence-corrected chi connectivity index (χ1v) is 4.08. The minimum atomic E-state index is -0.803. The summed E-state index contributed by atoms with van der Waals surface area (Å²) < 4.78 is 0. The highest BCUT2D eigenvalue weighted by molar-refractivity contribution is 6.30. The molecule has 0 amide bonds. The fourth-order valence-corrected chi connectivity index (χ4v) is 1.34. The van der Waals surface area contributed by atoms with Crippen LogP contribution in [-0.2, 0) is 0 Å². The van der Waals surface area contributed by atoms with E-state index in [9.17, 15) is 5.11 Å². The van der Waals surface area contributed by atoms with Crippen molar-refractivity contribution in [3.8, 4) is 0 Å². The first-order chi connectivity index (χ1) is 5.65. The Morgan fingerprint density at radius 3 is 2.67 bits per heavy atom. The van der Waals surface area contributed by atoms with E-state index in [1.807, 2.05) is 6.92 Å². The molecule has 2 N–H and O–H groups in total. The van der Waals surface area contributed by atoms with Gasteiger partial charge in [0, 0.05) is 5.02 Å². The van der Waals surface area contributed by atoms with Gasteiger partial charge in [0.15, 0.2) is 0 Å². The van der Waals surface area contributed by atoms with Crippen molar-refractivity contribution in [2.75, 3.05) is 6.61 Å². The van der Waals surface area contributed by atoms with Crippen LogP contribution in [0.4, 0.5) is 0 Å². The molecule has 0 aromatic heterocycles. The van der Waals surface area contributed by atoms with Gasteiger partial charge in [-0.1, -0.05) is 17.7 Å². The Hall–Kier alpha value is -0.570. The molecular formula is C9H11ClO2. The quantitative estimate of drug-likeness (QED) is 0.738. The van der Waals surface area contributed by atoms with Crippen molar-refractivity contribution in [2.24, 2.45) is 0 Å². The normalized spacial score (nSPS) is 13.0. The van der Waals surface area contributed by atoms with Gasteiger partial charge in [-0.3, -0.25) is 0 Å². The molecule has 0 saturated carbocycles. The Kier molecular flexibility index (Phi) is 3.09. The van der Waals surface area contributed by atoms with Crippen molar-refractivity contribution in [3.05, 3.63) is 34.3 Å². The van der Waals surface area contributed by atoms with Crippen LogP contribution in [0.3, 0.4) is 0 Å². The molecule has 1 rings (SSSR count). The molecular weight excluding hydrogens is 176 g/mol. The molecule has 66 valence electrons. The monoisotopic (exact) mass is 186 g/mol. The zero-order valence-electron chi connectivity index (χ0n) is 6.79. The van der Waals surface area contributed by atoms with Gasteiger partial charge in [0.25, 0.3) is 0 Å². The van der Waals surface area contributed by atoms with Crippen molar-refractivity contribution in [1.29, 1.82) is 0 Å². The Bertz CT molecular complexity index is 273. The minimum Gasteiger partial charge on any atom is -0.393 e. The molecule has 0 radical (unpaired) electrons. The average molecular weight is 187 g/mol. The molecule has 0 aliphatic carbocycles. The second-order valence-electron chi connectivity index (χ2n) is 2.70. The van der Waals surface area contributed by atoms with Crippen LogP contribution in [0.15, 0.2) is 18.2 Å². The van der Waals surface area contributed by atoms with Gasteiger partial charge in [0.2, 0.25) is 0 Å². The third-order valence-corrected chi connectivity index (χ3v) is 2.00. The maximum atomic E-state index is 9.31. The Balaban J connectivity index is 3.01. The van der Waals surface area contributed by atoms with Crippen LogP contribution >= 0.6 is 11.6 Å². The smallest absolute Gasteiger partial charge is 0.102 e. The number of benzene rings is 1. The van der Waals surface area contributed by atoms with E-state index in [1.165, 1.54) is 0 Å². The number of aliphatic hydroxyl groups excluding tert-OH is 2. The van der Waals surface area contributed by atoms with E-state index in [2.05, 4.69) is 0 Å². The van der Waals surface area contributed by atoms with Crippen LogP contribution in [0.25, 0.3) is 0 Å². The molecule has 0 heterocycles. The first-order valence-electron chi connectivity index (χ1n) is 3.70. The summed E-state index contributed by atoms with van der Waals surface area (Å²) in [5.41, 5.74) is 1.62. The van der Waals surface area contributed by atoms with Crippen molar-refractivity contribution in [2.45, 2.75) is 13.0 Å². The molecule has 3 heteroatoms. The highest BCUT2D eigenvalue weighted by Gasteiger charge is 2.08. The SMILES string of the molecule is Cc1cc(Cl)ccc1C(O)CO. The fraction of sp³-hybridized carbons (Fsp3) is 0.333. The standard InChI is InChI=1S/C9H11ClO2/c1-6-4-7(10)2-3-8(6)9(12)5-11/h2-4,9,11-12H,5H2,1H3. The average Bonchev–Trinajstić information content (AvgIpc) is 2.03.